The molecule has 3 N–H and O–H groups in total. The summed E-state index contributed by atoms with van der Waals surface area (Å²) in [5, 5.41) is 12.2. The summed E-state index contributed by atoms with van der Waals surface area (Å²) in [5.74, 6) is 0.0000796. The number of hydrazone groups is 1. The molecule has 9 nitrogen and oxygen atoms in total. The quantitative estimate of drug-likeness (QED) is 0.479. The van der Waals surface area contributed by atoms with Crippen LogP contribution in [0.3, 0.4) is 0 Å². The molecule has 0 fully saturated rings. The standard InChI is InChI=1S/C12H7Cl2N7O2/c13-6-2-1-5(7(14)3-6)4-15-20-11-16-9-8(19-21-11)10(22)18-12(23)17-9/h1-4H,(H3,16,17,18,20,21,22,23)/b15-4+. The van der Waals surface area contributed by atoms with E-state index in [1.54, 1.807) is 18.2 Å². The number of fused-ring (bicyclic) bond motifs is 1. The molecule has 0 bridgehead atoms. The third-order valence-electron chi connectivity index (χ3n) is 2.69. The number of nitrogens with zero attached hydrogens (tertiary/aromatic N) is 4. The largest absolute Gasteiger partial charge is 0.327 e. The fourth-order valence-electron chi connectivity index (χ4n) is 1.68. The van der Waals surface area contributed by atoms with Gasteiger partial charge in [0, 0.05) is 10.6 Å². The van der Waals surface area contributed by atoms with Gasteiger partial charge in [-0.2, -0.15) is 10.1 Å². The van der Waals surface area contributed by atoms with Crippen molar-refractivity contribution >= 4 is 46.5 Å². The zero-order valence-corrected chi connectivity index (χ0v) is 12.7. The van der Waals surface area contributed by atoms with Gasteiger partial charge in [-0.05, 0) is 12.1 Å². The van der Waals surface area contributed by atoms with E-state index in [2.05, 4.69) is 30.7 Å². The van der Waals surface area contributed by atoms with Crippen molar-refractivity contribution < 1.29 is 0 Å². The average Bonchev–Trinajstić information content (AvgIpc) is 2.49. The van der Waals surface area contributed by atoms with Crippen molar-refractivity contribution in [1.82, 2.24) is 25.1 Å². The van der Waals surface area contributed by atoms with Gasteiger partial charge in [0.1, 0.15) is 0 Å². The molecule has 23 heavy (non-hydrogen) atoms. The van der Waals surface area contributed by atoms with Crippen molar-refractivity contribution in [3.63, 3.8) is 0 Å². The lowest BCUT2D eigenvalue weighted by atomic mass is 10.2. The van der Waals surface area contributed by atoms with Gasteiger partial charge in [-0.1, -0.05) is 29.3 Å². The molecule has 0 aliphatic carbocycles. The first-order chi connectivity index (χ1) is 11.0. The van der Waals surface area contributed by atoms with Gasteiger partial charge in [0.25, 0.3) is 11.5 Å². The van der Waals surface area contributed by atoms with E-state index in [0.29, 0.717) is 15.6 Å². The summed E-state index contributed by atoms with van der Waals surface area (Å²) in [4.78, 5) is 31.0. The van der Waals surface area contributed by atoms with Gasteiger partial charge >= 0.3 is 5.69 Å². The molecule has 0 atom stereocenters. The maximum absolute atomic E-state index is 11.5. The Balaban J connectivity index is 1.85. The fraction of sp³-hybridized carbons (Fsp3) is 0. The van der Waals surface area contributed by atoms with Crippen LogP contribution in [0.5, 0.6) is 0 Å². The summed E-state index contributed by atoms with van der Waals surface area (Å²) in [6.07, 6.45) is 1.44. The van der Waals surface area contributed by atoms with Gasteiger partial charge in [-0.25, -0.2) is 10.2 Å². The number of H-pyrrole nitrogens is 2. The number of aromatic amines is 2. The molecule has 0 saturated carbocycles. The lowest BCUT2D eigenvalue weighted by Crippen LogP contribution is -2.23. The molecule has 0 unspecified atom stereocenters. The van der Waals surface area contributed by atoms with Crippen LogP contribution in [0.25, 0.3) is 11.2 Å². The second kappa shape index (κ2) is 6.15. The van der Waals surface area contributed by atoms with Gasteiger partial charge in [0.2, 0.25) is 0 Å². The SMILES string of the molecule is O=c1[nH]c(=O)c2nnc(N/N=C/c3ccc(Cl)cc3Cl)nc2[nH]1. The molecule has 3 rings (SSSR count). The molecule has 0 aliphatic rings. The molecule has 0 radical (unpaired) electrons. The number of nitrogens with one attached hydrogen (secondary N) is 3. The van der Waals surface area contributed by atoms with Gasteiger partial charge in [-0.3, -0.25) is 14.8 Å². The van der Waals surface area contributed by atoms with Crippen molar-refractivity contribution in [3.05, 3.63) is 54.6 Å². The zero-order valence-electron chi connectivity index (χ0n) is 11.2. The number of rotatable bonds is 3. The van der Waals surface area contributed by atoms with Crippen LogP contribution in [-0.2, 0) is 0 Å². The number of anilines is 1. The van der Waals surface area contributed by atoms with Crippen LogP contribution in [0.2, 0.25) is 10.0 Å². The van der Waals surface area contributed by atoms with Crippen molar-refractivity contribution in [2.24, 2.45) is 5.10 Å². The van der Waals surface area contributed by atoms with Gasteiger partial charge in [-0.15, -0.1) is 10.2 Å². The lowest BCUT2D eigenvalue weighted by molar-refractivity contribution is 0.960. The Bertz CT molecular complexity index is 1030. The highest BCUT2D eigenvalue weighted by atomic mass is 35.5. The number of aromatic nitrogens is 5. The summed E-state index contributed by atoms with van der Waals surface area (Å²) in [7, 11) is 0. The molecule has 0 spiro atoms. The van der Waals surface area contributed by atoms with Crippen LogP contribution >= 0.6 is 23.2 Å². The van der Waals surface area contributed by atoms with E-state index in [-0.39, 0.29) is 17.1 Å². The highest BCUT2D eigenvalue weighted by molar-refractivity contribution is 6.36. The van der Waals surface area contributed by atoms with E-state index >= 15 is 0 Å². The summed E-state index contributed by atoms with van der Waals surface area (Å²) < 4.78 is 0. The number of hydrogen-bond donors (Lipinski definition) is 3. The topological polar surface area (TPSA) is 129 Å². The highest BCUT2D eigenvalue weighted by Gasteiger charge is 2.06. The number of benzene rings is 1. The van der Waals surface area contributed by atoms with E-state index in [0.717, 1.165) is 0 Å². The van der Waals surface area contributed by atoms with Crippen molar-refractivity contribution in [3.8, 4) is 0 Å². The van der Waals surface area contributed by atoms with Crippen LogP contribution in [0.1, 0.15) is 5.56 Å². The maximum atomic E-state index is 11.5. The molecule has 1 aromatic carbocycles. The Labute approximate surface area is 137 Å². The van der Waals surface area contributed by atoms with E-state index < -0.39 is 11.2 Å². The van der Waals surface area contributed by atoms with Gasteiger partial charge < -0.3 is 0 Å². The highest BCUT2D eigenvalue weighted by Crippen LogP contribution is 2.19. The predicted octanol–water partition coefficient (Wildman–Crippen LogP) is 1.15. The second-order valence-electron chi connectivity index (χ2n) is 4.28. The van der Waals surface area contributed by atoms with Crippen molar-refractivity contribution in [2.75, 3.05) is 5.43 Å². The first kappa shape index (κ1) is 15.1. The Morgan fingerprint density at radius 1 is 1.17 bits per heavy atom. The summed E-state index contributed by atoms with van der Waals surface area (Å²) >= 11 is 11.8. The Morgan fingerprint density at radius 2 is 2.00 bits per heavy atom. The van der Waals surface area contributed by atoms with Crippen molar-refractivity contribution in [1.29, 1.82) is 0 Å². The first-order valence-corrected chi connectivity index (χ1v) is 6.90. The molecule has 11 heteroatoms. The molecule has 116 valence electrons. The van der Waals surface area contributed by atoms with Crippen molar-refractivity contribution in [2.45, 2.75) is 0 Å². The molecular weight excluding hydrogens is 345 g/mol. The minimum absolute atomic E-state index is 0.0000796. The van der Waals surface area contributed by atoms with Crippen LogP contribution in [0.15, 0.2) is 32.9 Å². The molecule has 0 amide bonds. The smallest absolute Gasteiger partial charge is 0.290 e. The summed E-state index contributed by atoms with van der Waals surface area (Å²) in [5.41, 5.74) is 1.70. The Hall–Kier alpha value is -2.78. The minimum atomic E-state index is -0.689. The van der Waals surface area contributed by atoms with Gasteiger partial charge in [0.15, 0.2) is 11.2 Å². The molecule has 0 saturated heterocycles. The Morgan fingerprint density at radius 3 is 2.78 bits per heavy atom. The van der Waals surface area contributed by atoms with E-state index in [4.69, 9.17) is 23.2 Å². The van der Waals surface area contributed by atoms with Crippen LogP contribution < -0.4 is 16.7 Å². The molecule has 3 aromatic rings. The Kier molecular flexibility index (Phi) is 4.04. The number of hydrogen-bond acceptors (Lipinski definition) is 7. The van der Waals surface area contributed by atoms with E-state index in [9.17, 15) is 9.59 Å². The van der Waals surface area contributed by atoms with Crippen LogP contribution in [0.4, 0.5) is 5.95 Å². The third kappa shape index (κ3) is 3.35. The molecule has 2 heterocycles. The normalized spacial score (nSPS) is 11.2. The fourth-order valence-corrected chi connectivity index (χ4v) is 2.14. The third-order valence-corrected chi connectivity index (χ3v) is 3.25. The van der Waals surface area contributed by atoms with Gasteiger partial charge in [0.05, 0.1) is 11.2 Å². The average molecular weight is 352 g/mol. The van der Waals surface area contributed by atoms with E-state index in [1.807, 2.05) is 4.98 Å². The van der Waals surface area contributed by atoms with E-state index in [1.165, 1.54) is 6.21 Å². The second-order valence-corrected chi connectivity index (χ2v) is 5.12. The molecular formula is C12H7Cl2N7O2. The lowest BCUT2D eigenvalue weighted by Gasteiger charge is -2.00. The maximum Gasteiger partial charge on any atom is 0.327 e. The molecule has 0 aliphatic heterocycles. The molecule has 2 aromatic heterocycles. The predicted molar refractivity (Wildman–Crippen MR) is 86.3 cm³/mol. The monoisotopic (exact) mass is 351 g/mol. The zero-order chi connectivity index (χ0) is 16.4. The number of halogens is 2. The first-order valence-electron chi connectivity index (χ1n) is 6.14. The van der Waals surface area contributed by atoms with Crippen LogP contribution in [-0.4, -0.2) is 31.4 Å². The minimum Gasteiger partial charge on any atom is -0.290 e. The summed E-state index contributed by atoms with van der Waals surface area (Å²) in [6.45, 7) is 0. The van der Waals surface area contributed by atoms with Crippen LogP contribution in [0, 0.1) is 0 Å². The summed E-state index contributed by atoms with van der Waals surface area (Å²) in [6, 6.07) is 4.93.